The summed E-state index contributed by atoms with van der Waals surface area (Å²) in [7, 11) is 0. The first-order chi connectivity index (χ1) is 8.70. The lowest BCUT2D eigenvalue weighted by atomic mass is 9.83. The van der Waals surface area contributed by atoms with Crippen LogP contribution in [0.25, 0.3) is 0 Å². The first-order valence-corrected chi connectivity index (χ1v) is 6.56. The van der Waals surface area contributed by atoms with Crippen LogP contribution >= 0.6 is 11.8 Å². The van der Waals surface area contributed by atoms with Crippen LogP contribution < -0.4 is 0 Å². The van der Waals surface area contributed by atoms with Crippen LogP contribution in [0.5, 0.6) is 0 Å². The Labute approximate surface area is 112 Å². The van der Waals surface area contributed by atoms with Crippen LogP contribution in [0.3, 0.4) is 0 Å². The summed E-state index contributed by atoms with van der Waals surface area (Å²) in [5, 5.41) is 7.07. The highest BCUT2D eigenvalue weighted by Crippen LogP contribution is 2.37. The van der Waals surface area contributed by atoms with E-state index in [2.05, 4.69) is 15.2 Å². The number of aromatic nitrogens is 3. The molecule has 106 valence electrons. The predicted molar refractivity (Wildman–Crippen MR) is 62.6 cm³/mol. The maximum atomic E-state index is 12.2. The minimum Gasteiger partial charge on any atom is -0.332 e. The smallest absolute Gasteiger partial charge is 0.332 e. The van der Waals surface area contributed by atoms with E-state index >= 15 is 0 Å². The number of thioether (sulfide) groups is 1. The Morgan fingerprint density at radius 3 is 2.68 bits per heavy atom. The van der Waals surface area contributed by atoms with Crippen molar-refractivity contribution in [3.05, 3.63) is 5.82 Å². The lowest BCUT2D eigenvalue weighted by Gasteiger charge is -2.46. The maximum absolute atomic E-state index is 12.2. The molecule has 2 heterocycles. The maximum Gasteiger partial charge on any atom is 0.406 e. The predicted octanol–water partition coefficient (Wildman–Crippen LogP) is 1.62. The lowest BCUT2D eigenvalue weighted by molar-refractivity contribution is -0.184. The number of hydrogen-bond donors (Lipinski definition) is 1. The molecule has 0 aliphatic carbocycles. The zero-order valence-corrected chi connectivity index (χ0v) is 11.2. The lowest BCUT2D eigenvalue weighted by Crippen LogP contribution is -2.63. The molecule has 0 spiro atoms. The molecule has 1 aliphatic rings. The van der Waals surface area contributed by atoms with Gasteiger partial charge in [-0.05, 0) is 13.8 Å². The summed E-state index contributed by atoms with van der Waals surface area (Å²) in [6.45, 7) is 2.35. The van der Waals surface area contributed by atoms with Gasteiger partial charge in [-0.2, -0.15) is 13.2 Å². The number of carbonyl (C=O) groups is 1. The number of alkyl halides is 3. The molecule has 1 amide bonds. The van der Waals surface area contributed by atoms with Crippen molar-refractivity contribution >= 4 is 17.7 Å². The summed E-state index contributed by atoms with van der Waals surface area (Å²) in [5.74, 6) is 0.563. The first-order valence-electron chi connectivity index (χ1n) is 5.58. The van der Waals surface area contributed by atoms with Crippen LogP contribution in [0, 0.1) is 12.3 Å². The molecule has 9 heteroatoms. The third kappa shape index (κ3) is 3.20. The van der Waals surface area contributed by atoms with E-state index in [1.807, 2.05) is 0 Å². The molecule has 5 nitrogen and oxygen atoms in total. The van der Waals surface area contributed by atoms with E-state index in [1.165, 1.54) is 11.8 Å². The Kier molecular flexibility index (Phi) is 3.50. The summed E-state index contributed by atoms with van der Waals surface area (Å²) in [6, 6.07) is 0. The van der Waals surface area contributed by atoms with Gasteiger partial charge in [0.25, 0.3) is 0 Å². The quantitative estimate of drug-likeness (QED) is 0.677. The second-order valence-electron chi connectivity index (χ2n) is 4.83. The number of nitrogens with zero attached hydrogens (tertiary/aromatic N) is 3. The Morgan fingerprint density at radius 1 is 1.53 bits per heavy atom. The normalized spacial score (nSPS) is 23.6. The van der Waals surface area contributed by atoms with Crippen molar-refractivity contribution in [2.75, 3.05) is 18.8 Å². The fourth-order valence-electron chi connectivity index (χ4n) is 1.91. The molecular formula is C10H13F3N4OS. The average Bonchev–Trinajstić information content (AvgIpc) is 2.70. The molecule has 0 bridgehead atoms. The van der Waals surface area contributed by atoms with E-state index in [0.717, 1.165) is 4.90 Å². The molecule has 1 aliphatic heterocycles. The van der Waals surface area contributed by atoms with E-state index in [-0.39, 0.29) is 6.54 Å². The van der Waals surface area contributed by atoms with Crippen LogP contribution in [-0.2, 0) is 4.79 Å². The molecule has 1 N–H and O–H groups in total. The summed E-state index contributed by atoms with van der Waals surface area (Å²) in [6.07, 6.45) is -4.34. The topological polar surface area (TPSA) is 61.9 Å². The molecule has 1 fully saturated rings. The number of hydrogen-bond acceptors (Lipinski definition) is 4. The van der Waals surface area contributed by atoms with Crippen LogP contribution in [0.4, 0.5) is 13.2 Å². The van der Waals surface area contributed by atoms with Gasteiger partial charge < -0.3 is 4.90 Å². The van der Waals surface area contributed by atoms with Gasteiger partial charge in [0.05, 0.1) is 5.41 Å². The van der Waals surface area contributed by atoms with Crippen LogP contribution in [0.2, 0.25) is 0 Å². The number of aromatic amines is 1. The van der Waals surface area contributed by atoms with Crippen molar-refractivity contribution in [2.45, 2.75) is 25.2 Å². The second-order valence-corrected chi connectivity index (χ2v) is 5.77. The molecule has 1 aromatic rings. The third-order valence-corrected chi connectivity index (χ3v) is 4.03. The largest absolute Gasteiger partial charge is 0.406 e. The van der Waals surface area contributed by atoms with Crippen LogP contribution in [0.1, 0.15) is 12.7 Å². The first kappa shape index (κ1) is 14.2. The minimum atomic E-state index is -4.34. The van der Waals surface area contributed by atoms with E-state index in [0.29, 0.717) is 16.7 Å². The monoisotopic (exact) mass is 294 g/mol. The van der Waals surface area contributed by atoms with Gasteiger partial charge in [-0.15, -0.1) is 5.10 Å². The van der Waals surface area contributed by atoms with Crippen molar-refractivity contribution in [3.63, 3.8) is 0 Å². The number of carbonyl (C=O) groups excluding carboxylic acids is 1. The van der Waals surface area contributed by atoms with Gasteiger partial charge in [-0.1, -0.05) is 11.8 Å². The highest BCUT2D eigenvalue weighted by molar-refractivity contribution is 7.99. The zero-order chi connectivity index (χ0) is 14.3. The molecule has 0 radical (unpaired) electrons. The third-order valence-electron chi connectivity index (χ3n) is 2.81. The molecular weight excluding hydrogens is 281 g/mol. The Balaban J connectivity index is 1.87. The van der Waals surface area contributed by atoms with E-state index in [1.54, 1.807) is 13.8 Å². The average molecular weight is 294 g/mol. The fourth-order valence-corrected chi connectivity index (χ4v) is 2.89. The molecule has 1 unspecified atom stereocenters. The summed E-state index contributed by atoms with van der Waals surface area (Å²) >= 11 is 1.27. The van der Waals surface area contributed by atoms with Gasteiger partial charge in [0.1, 0.15) is 12.4 Å². The van der Waals surface area contributed by atoms with Gasteiger partial charge in [0.15, 0.2) is 0 Å². The van der Waals surface area contributed by atoms with Crippen LogP contribution in [-0.4, -0.2) is 51.0 Å². The number of β-lactam (4-membered cyclic amide) rings is 1. The summed E-state index contributed by atoms with van der Waals surface area (Å²) in [5.41, 5.74) is -0.759. The van der Waals surface area contributed by atoms with E-state index in [4.69, 9.17) is 0 Å². The molecule has 2 rings (SSSR count). The minimum absolute atomic E-state index is 0.113. The SMILES string of the molecule is Cc1nc(SCC2(C)CN(CC(F)(F)F)C2=O)n[nH]1. The van der Waals surface area contributed by atoms with Crippen LogP contribution in [0.15, 0.2) is 5.16 Å². The summed E-state index contributed by atoms with van der Waals surface area (Å²) < 4.78 is 36.5. The number of nitrogens with one attached hydrogen (secondary N) is 1. The molecule has 0 aromatic carbocycles. The van der Waals surface area contributed by atoms with Gasteiger partial charge in [-0.25, -0.2) is 4.98 Å². The molecule has 0 saturated carbocycles. The summed E-state index contributed by atoms with van der Waals surface area (Å²) in [4.78, 5) is 16.6. The fraction of sp³-hybridized carbons (Fsp3) is 0.700. The van der Waals surface area contributed by atoms with E-state index < -0.39 is 24.0 Å². The van der Waals surface area contributed by atoms with E-state index in [9.17, 15) is 18.0 Å². The number of rotatable bonds is 4. The van der Waals surface area contributed by atoms with Crippen molar-refractivity contribution in [3.8, 4) is 0 Å². The van der Waals surface area contributed by atoms with Gasteiger partial charge in [0.2, 0.25) is 11.1 Å². The number of H-pyrrole nitrogens is 1. The van der Waals surface area contributed by atoms with Gasteiger partial charge >= 0.3 is 6.18 Å². The Morgan fingerprint density at radius 2 is 2.21 bits per heavy atom. The Hall–Kier alpha value is -1.25. The molecule has 1 atom stereocenters. The molecule has 1 aromatic heterocycles. The number of aryl methyl sites for hydroxylation is 1. The van der Waals surface area contributed by atoms with Crippen molar-refractivity contribution in [2.24, 2.45) is 5.41 Å². The van der Waals surface area contributed by atoms with Gasteiger partial charge in [0, 0.05) is 12.3 Å². The van der Waals surface area contributed by atoms with Crippen molar-refractivity contribution < 1.29 is 18.0 Å². The Bertz CT molecular complexity index is 489. The molecule has 19 heavy (non-hydrogen) atoms. The standard InChI is InChI=1S/C10H13F3N4OS/c1-6-14-8(16-15-6)19-5-9(2)3-17(7(9)18)4-10(11,12)13/h3-5H2,1-2H3,(H,14,15,16). The van der Waals surface area contributed by atoms with Crippen molar-refractivity contribution in [1.82, 2.24) is 20.1 Å². The number of amides is 1. The highest BCUT2D eigenvalue weighted by atomic mass is 32.2. The van der Waals surface area contributed by atoms with Gasteiger partial charge in [-0.3, -0.25) is 9.89 Å². The zero-order valence-electron chi connectivity index (χ0n) is 10.4. The molecule has 1 saturated heterocycles. The number of halogens is 3. The van der Waals surface area contributed by atoms with Crippen molar-refractivity contribution in [1.29, 1.82) is 0 Å². The number of likely N-dealkylation sites (tertiary alicyclic amines) is 1. The highest BCUT2D eigenvalue weighted by Gasteiger charge is 2.51. The second kappa shape index (κ2) is 4.69.